The van der Waals surface area contributed by atoms with Crippen molar-refractivity contribution in [2.45, 2.75) is 52.6 Å². The van der Waals surface area contributed by atoms with Crippen LogP contribution < -0.4 is 4.74 Å². The van der Waals surface area contributed by atoms with Gasteiger partial charge in [0.15, 0.2) is 0 Å². The number of β-amino-alcohol motifs (C(OH)–C–C–N with tert-alkyl or cyclic N) is 1. The number of likely N-dealkylation sites (tertiary alicyclic amines) is 1. The number of halogens is 1. The van der Waals surface area contributed by atoms with Gasteiger partial charge in [-0.05, 0) is 35.3 Å². The van der Waals surface area contributed by atoms with Gasteiger partial charge in [-0.25, -0.2) is 0 Å². The number of nitrogens with zero attached hydrogens (tertiary/aromatic N) is 1. The molecule has 1 heterocycles. The molecule has 4 heteroatoms. The third-order valence-electron chi connectivity index (χ3n) is 4.54. The van der Waals surface area contributed by atoms with Crippen molar-refractivity contribution in [3.63, 3.8) is 0 Å². The number of ether oxygens (including phenoxy) is 1. The number of rotatable bonds is 5. The minimum absolute atomic E-state index is 0. The number of aliphatic hydroxyl groups is 1. The number of benzene rings is 1. The molecule has 2 rings (SSSR count). The first-order chi connectivity index (χ1) is 10.8. The minimum atomic E-state index is -0.444. The molecular formula is C20H34ClNO2. The maximum absolute atomic E-state index is 10.4. The second-order valence-electron chi connectivity index (χ2n) is 8.38. The fourth-order valence-corrected chi connectivity index (χ4v) is 3.69. The zero-order valence-corrected chi connectivity index (χ0v) is 16.6. The molecule has 1 aromatic rings. The fourth-order valence-electron chi connectivity index (χ4n) is 3.69. The molecule has 1 N–H and O–H groups in total. The van der Waals surface area contributed by atoms with Gasteiger partial charge in [-0.1, -0.05) is 52.8 Å². The first-order valence-corrected chi connectivity index (χ1v) is 8.88. The molecule has 1 aliphatic heterocycles. The van der Waals surface area contributed by atoms with E-state index in [-0.39, 0.29) is 17.8 Å². The Kier molecular flexibility index (Phi) is 8.04. The van der Waals surface area contributed by atoms with E-state index >= 15 is 0 Å². The molecule has 3 atom stereocenters. The number of hydrogen-bond donors (Lipinski definition) is 1. The summed E-state index contributed by atoms with van der Waals surface area (Å²) in [6.45, 7) is 14.4. The van der Waals surface area contributed by atoms with Crippen molar-refractivity contribution in [2.75, 3.05) is 26.2 Å². The Morgan fingerprint density at radius 1 is 1.17 bits per heavy atom. The number of piperidine rings is 1. The van der Waals surface area contributed by atoms with Gasteiger partial charge in [0.25, 0.3) is 0 Å². The third kappa shape index (κ3) is 6.27. The molecule has 3 nitrogen and oxygen atoms in total. The molecule has 0 radical (unpaired) electrons. The largest absolute Gasteiger partial charge is 0.491 e. The molecule has 0 bridgehead atoms. The summed E-state index contributed by atoms with van der Waals surface area (Å²) in [5.74, 6) is 2.32. The van der Waals surface area contributed by atoms with Crippen molar-refractivity contribution in [3.05, 3.63) is 29.8 Å². The van der Waals surface area contributed by atoms with Crippen LogP contribution in [0, 0.1) is 11.8 Å². The Bertz CT molecular complexity index is 491. The predicted molar refractivity (Wildman–Crippen MR) is 103 cm³/mol. The van der Waals surface area contributed by atoms with Gasteiger partial charge >= 0.3 is 0 Å². The van der Waals surface area contributed by atoms with Crippen molar-refractivity contribution >= 4 is 12.4 Å². The first kappa shape index (κ1) is 21.3. The summed E-state index contributed by atoms with van der Waals surface area (Å²) in [4.78, 5) is 2.38. The van der Waals surface area contributed by atoms with Crippen LogP contribution in [0.15, 0.2) is 24.3 Å². The summed E-state index contributed by atoms with van der Waals surface area (Å²) < 4.78 is 5.94. The molecular weight excluding hydrogens is 322 g/mol. The van der Waals surface area contributed by atoms with E-state index in [1.807, 2.05) is 18.2 Å². The van der Waals surface area contributed by atoms with Crippen LogP contribution in [0.25, 0.3) is 0 Å². The average Bonchev–Trinajstić information content (AvgIpc) is 2.43. The van der Waals surface area contributed by atoms with E-state index in [4.69, 9.17) is 4.74 Å². The molecule has 0 aliphatic carbocycles. The molecule has 0 saturated carbocycles. The zero-order chi connectivity index (χ0) is 17.0. The number of hydrogen-bond acceptors (Lipinski definition) is 3. The normalized spacial score (nSPS) is 23.4. The summed E-state index contributed by atoms with van der Waals surface area (Å²) in [5, 5.41) is 10.4. The lowest BCUT2D eigenvalue weighted by Crippen LogP contribution is -2.44. The van der Waals surface area contributed by atoms with Crippen LogP contribution in [0.2, 0.25) is 0 Å². The van der Waals surface area contributed by atoms with E-state index in [0.717, 1.165) is 18.8 Å². The van der Waals surface area contributed by atoms with Gasteiger partial charge in [-0.15, -0.1) is 12.4 Å². The molecule has 24 heavy (non-hydrogen) atoms. The van der Waals surface area contributed by atoms with Crippen LogP contribution in [0.3, 0.4) is 0 Å². The number of para-hydroxylation sites is 1. The van der Waals surface area contributed by atoms with Gasteiger partial charge in [0.1, 0.15) is 18.5 Å². The van der Waals surface area contributed by atoms with Gasteiger partial charge < -0.3 is 14.7 Å². The molecule has 1 aliphatic rings. The van der Waals surface area contributed by atoms with Crippen molar-refractivity contribution in [3.8, 4) is 5.75 Å². The predicted octanol–water partition coefficient (Wildman–Crippen LogP) is 4.12. The highest BCUT2D eigenvalue weighted by atomic mass is 35.5. The summed E-state index contributed by atoms with van der Waals surface area (Å²) in [6, 6.07) is 8.14. The lowest BCUT2D eigenvalue weighted by atomic mass is 9.86. The maximum Gasteiger partial charge on any atom is 0.123 e. The first-order valence-electron chi connectivity index (χ1n) is 8.88. The lowest BCUT2D eigenvalue weighted by molar-refractivity contribution is 0.0424. The molecule has 138 valence electrons. The Labute approximate surface area is 153 Å². The zero-order valence-electron chi connectivity index (χ0n) is 15.8. The highest BCUT2D eigenvalue weighted by Gasteiger charge is 2.24. The lowest BCUT2D eigenvalue weighted by Gasteiger charge is -2.36. The third-order valence-corrected chi connectivity index (χ3v) is 4.54. The summed E-state index contributed by atoms with van der Waals surface area (Å²) in [6.07, 6.45) is 0.850. The second kappa shape index (κ2) is 9.07. The van der Waals surface area contributed by atoms with Crippen LogP contribution in [-0.4, -0.2) is 42.4 Å². The Hall–Kier alpha value is -0.770. The van der Waals surface area contributed by atoms with E-state index < -0.39 is 6.10 Å². The summed E-state index contributed by atoms with van der Waals surface area (Å²) in [5.41, 5.74) is 1.23. The molecule has 1 fully saturated rings. The van der Waals surface area contributed by atoms with E-state index in [0.29, 0.717) is 25.0 Å². The summed E-state index contributed by atoms with van der Waals surface area (Å²) >= 11 is 0. The van der Waals surface area contributed by atoms with E-state index in [1.165, 1.54) is 12.0 Å². The van der Waals surface area contributed by atoms with Crippen LogP contribution in [0.1, 0.15) is 46.6 Å². The summed E-state index contributed by atoms with van der Waals surface area (Å²) in [7, 11) is 0. The molecule has 1 aromatic carbocycles. The number of aliphatic hydroxyl groups excluding tert-OH is 1. The van der Waals surface area contributed by atoms with Crippen LogP contribution in [-0.2, 0) is 5.41 Å². The highest BCUT2D eigenvalue weighted by molar-refractivity contribution is 5.85. The molecule has 0 aromatic heterocycles. The van der Waals surface area contributed by atoms with E-state index in [2.05, 4.69) is 45.6 Å². The minimum Gasteiger partial charge on any atom is -0.491 e. The van der Waals surface area contributed by atoms with E-state index in [1.54, 1.807) is 0 Å². The van der Waals surface area contributed by atoms with Crippen molar-refractivity contribution in [1.29, 1.82) is 0 Å². The van der Waals surface area contributed by atoms with Gasteiger partial charge in [0.2, 0.25) is 0 Å². The SMILES string of the molecule is CC1CC(C)CN(CC(O)COc2ccccc2C(C)(C)C)C1.Cl. The molecule has 0 spiro atoms. The standard InChI is InChI=1S/C20H33NO2.ClH/c1-15-10-16(2)12-21(11-15)13-17(22)14-23-19-9-7-6-8-18(19)20(3,4)5;/h6-9,15-17,22H,10-14H2,1-5H3;1H. The van der Waals surface area contributed by atoms with Crippen LogP contribution >= 0.6 is 12.4 Å². The molecule has 3 unspecified atom stereocenters. The van der Waals surface area contributed by atoms with Gasteiger partial charge in [0.05, 0.1) is 0 Å². The molecule has 1 saturated heterocycles. The highest BCUT2D eigenvalue weighted by Crippen LogP contribution is 2.31. The Morgan fingerprint density at radius 2 is 1.75 bits per heavy atom. The van der Waals surface area contributed by atoms with Crippen molar-refractivity contribution in [1.82, 2.24) is 4.90 Å². The average molecular weight is 356 g/mol. The quantitative estimate of drug-likeness (QED) is 0.862. The molecule has 0 amide bonds. The maximum atomic E-state index is 10.4. The van der Waals surface area contributed by atoms with Gasteiger partial charge in [-0.3, -0.25) is 0 Å². The van der Waals surface area contributed by atoms with Crippen LogP contribution in [0.5, 0.6) is 5.75 Å². The van der Waals surface area contributed by atoms with Crippen molar-refractivity contribution in [2.24, 2.45) is 11.8 Å². The Balaban J connectivity index is 0.00000288. The van der Waals surface area contributed by atoms with E-state index in [9.17, 15) is 5.11 Å². The van der Waals surface area contributed by atoms with Crippen LogP contribution in [0.4, 0.5) is 0 Å². The van der Waals surface area contributed by atoms with Crippen molar-refractivity contribution < 1.29 is 9.84 Å². The second-order valence-corrected chi connectivity index (χ2v) is 8.38. The topological polar surface area (TPSA) is 32.7 Å². The fraction of sp³-hybridized carbons (Fsp3) is 0.700. The van der Waals surface area contributed by atoms with Gasteiger partial charge in [-0.2, -0.15) is 0 Å². The monoisotopic (exact) mass is 355 g/mol. The smallest absolute Gasteiger partial charge is 0.123 e. The van der Waals surface area contributed by atoms with Gasteiger partial charge in [0, 0.05) is 19.6 Å². The Morgan fingerprint density at radius 3 is 2.33 bits per heavy atom.